The van der Waals surface area contributed by atoms with E-state index in [4.69, 9.17) is 0 Å². The largest absolute Gasteiger partial charge is 0.416 e. The SMILES string of the molecule is Cc1nn(Cc2cccc(C(F)(F)F)c2)c(C)c1NS(=O)(=O)c1ccc([N+](=O)[O-])cc1. The number of hydrogen-bond acceptors (Lipinski definition) is 5. The Morgan fingerprint density at radius 3 is 2.35 bits per heavy atom. The number of anilines is 1. The summed E-state index contributed by atoms with van der Waals surface area (Å²) < 4.78 is 67.9. The van der Waals surface area contributed by atoms with Gasteiger partial charge in [-0.1, -0.05) is 12.1 Å². The normalized spacial score (nSPS) is 12.0. The van der Waals surface area contributed by atoms with E-state index >= 15 is 0 Å². The number of non-ortho nitro benzene ring substituents is 1. The van der Waals surface area contributed by atoms with Crippen LogP contribution in [0.1, 0.15) is 22.5 Å². The second-order valence-electron chi connectivity index (χ2n) is 6.76. The van der Waals surface area contributed by atoms with Gasteiger partial charge in [0.05, 0.1) is 39.0 Å². The molecule has 1 aromatic heterocycles. The summed E-state index contributed by atoms with van der Waals surface area (Å²) in [6.07, 6.45) is -4.48. The zero-order chi connectivity index (χ0) is 23.0. The molecule has 3 aromatic rings. The average molecular weight is 454 g/mol. The molecule has 3 rings (SSSR count). The summed E-state index contributed by atoms with van der Waals surface area (Å²) in [6.45, 7) is 3.15. The Hall–Kier alpha value is -3.41. The second-order valence-corrected chi connectivity index (χ2v) is 8.44. The van der Waals surface area contributed by atoms with Gasteiger partial charge in [-0.05, 0) is 43.7 Å². The molecule has 0 saturated heterocycles. The summed E-state index contributed by atoms with van der Waals surface area (Å²) in [5.74, 6) is 0. The predicted molar refractivity (Wildman–Crippen MR) is 106 cm³/mol. The van der Waals surface area contributed by atoms with Crippen molar-refractivity contribution in [2.24, 2.45) is 0 Å². The van der Waals surface area contributed by atoms with Crippen molar-refractivity contribution in [1.82, 2.24) is 9.78 Å². The lowest BCUT2D eigenvalue weighted by Gasteiger charge is -2.11. The summed E-state index contributed by atoms with van der Waals surface area (Å²) in [7, 11) is -4.06. The summed E-state index contributed by atoms with van der Waals surface area (Å²) in [4.78, 5) is 9.92. The molecule has 2 aromatic carbocycles. The molecule has 0 fully saturated rings. The number of nitro groups is 1. The maximum absolute atomic E-state index is 12.9. The number of hydrogen-bond donors (Lipinski definition) is 1. The summed E-state index contributed by atoms with van der Waals surface area (Å²) in [5, 5.41) is 15.0. The number of nitrogens with zero attached hydrogens (tertiary/aromatic N) is 3. The van der Waals surface area contributed by atoms with Gasteiger partial charge < -0.3 is 0 Å². The molecule has 0 radical (unpaired) electrons. The third-order valence-corrected chi connectivity index (χ3v) is 5.93. The first kappa shape index (κ1) is 22.3. The number of nitro benzene ring substituents is 1. The molecular weight excluding hydrogens is 437 g/mol. The highest BCUT2D eigenvalue weighted by Crippen LogP contribution is 2.30. The van der Waals surface area contributed by atoms with Crippen molar-refractivity contribution >= 4 is 21.4 Å². The number of alkyl halides is 3. The summed E-state index contributed by atoms with van der Waals surface area (Å²) in [5.41, 5.74) is 0.233. The van der Waals surface area contributed by atoms with E-state index in [-0.39, 0.29) is 22.8 Å². The minimum atomic E-state index is -4.48. The van der Waals surface area contributed by atoms with Gasteiger partial charge in [0.15, 0.2) is 0 Å². The van der Waals surface area contributed by atoms with Crippen molar-refractivity contribution in [1.29, 1.82) is 0 Å². The highest BCUT2D eigenvalue weighted by atomic mass is 32.2. The van der Waals surface area contributed by atoms with E-state index in [0.29, 0.717) is 17.0 Å². The maximum atomic E-state index is 12.9. The van der Waals surface area contributed by atoms with E-state index in [0.717, 1.165) is 36.4 Å². The van der Waals surface area contributed by atoms with Crippen LogP contribution in [0.15, 0.2) is 53.4 Å². The Morgan fingerprint density at radius 1 is 1.13 bits per heavy atom. The molecule has 0 amide bonds. The Morgan fingerprint density at radius 2 is 1.77 bits per heavy atom. The molecule has 31 heavy (non-hydrogen) atoms. The van der Waals surface area contributed by atoms with Gasteiger partial charge in [-0.25, -0.2) is 8.42 Å². The van der Waals surface area contributed by atoms with Crippen molar-refractivity contribution in [3.05, 3.63) is 81.2 Å². The van der Waals surface area contributed by atoms with E-state index in [1.165, 1.54) is 16.8 Å². The molecule has 0 bridgehead atoms. The zero-order valence-corrected chi connectivity index (χ0v) is 17.2. The highest BCUT2D eigenvalue weighted by Gasteiger charge is 2.30. The second kappa shape index (κ2) is 8.02. The number of aryl methyl sites for hydroxylation is 1. The Labute approximate surface area is 175 Å². The fourth-order valence-electron chi connectivity index (χ4n) is 2.96. The molecule has 1 heterocycles. The number of nitrogens with one attached hydrogen (secondary N) is 1. The van der Waals surface area contributed by atoms with E-state index in [2.05, 4.69) is 9.82 Å². The number of aromatic nitrogens is 2. The monoisotopic (exact) mass is 454 g/mol. The van der Waals surface area contributed by atoms with Crippen LogP contribution in [0.25, 0.3) is 0 Å². The number of sulfonamides is 1. The van der Waals surface area contributed by atoms with Crippen molar-refractivity contribution in [3.8, 4) is 0 Å². The van der Waals surface area contributed by atoms with Gasteiger partial charge in [-0.3, -0.25) is 19.5 Å². The first-order chi connectivity index (χ1) is 14.4. The van der Waals surface area contributed by atoms with E-state index in [1.54, 1.807) is 13.8 Å². The van der Waals surface area contributed by atoms with Gasteiger partial charge in [0, 0.05) is 12.1 Å². The average Bonchev–Trinajstić information content (AvgIpc) is 2.94. The van der Waals surface area contributed by atoms with Crippen LogP contribution in [0.3, 0.4) is 0 Å². The van der Waals surface area contributed by atoms with Gasteiger partial charge in [-0.15, -0.1) is 0 Å². The molecule has 1 N–H and O–H groups in total. The Bertz CT molecular complexity index is 1240. The fraction of sp³-hybridized carbons (Fsp3) is 0.211. The molecular formula is C19H17F3N4O4S. The zero-order valence-electron chi connectivity index (χ0n) is 16.3. The van der Waals surface area contributed by atoms with Crippen LogP contribution in [-0.4, -0.2) is 23.1 Å². The molecule has 12 heteroatoms. The minimum absolute atomic E-state index is 0.00977. The number of halogens is 3. The third-order valence-electron chi connectivity index (χ3n) is 4.56. The Kier molecular flexibility index (Phi) is 5.77. The summed E-state index contributed by atoms with van der Waals surface area (Å²) >= 11 is 0. The molecule has 0 atom stereocenters. The predicted octanol–water partition coefficient (Wildman–Crippen LogP) is 4.28. The van der Waals surface area contributed by atoms with Crippen LogP contribution in [0, 0.1) is 24.0 Å². The molecule has 0 aliphatic rings. The number of benzene rings is 2. The lowest BCUT2D eigenvalue weighted by Crippen LogP contribution is -2.14. The van der Waals surface area contributed by atoms with E-state index in [1.807, 2.05) is 0 Å². The fourth-order valence-corrected chi connectivity index (χ4v) is 4.13. The third kappa shape index (κ3) is 4.85. The van der Waals surface area contributed by atoms with Gasteiger partial charge in [-0.2, -0.15) is 18.3 Å². The van der Waals surface area contributed by atoms with Gasteiger partial charge in [0.2, 0.25) is 0 Å². The molecule has 0 spiro atoms. The molecule has 8 nitrogen and oxygen atoms in total. The van der Waals surface area contributed by atoms with Crippen LogP contribution in [0.5, 0.6) is 0 Å². The summed E-state index contributed by atoms with van der Waals surface area (Å²) in [6, 6.07) is 9.16. The van der Waals surface area contributed by atoms with Gasteiger partial charge >= 0.3 is 6.18 Å². The highest BCUT2D eigenvalue weighted by molar-refractivity contribution is 7.92. The first-order valence-corrected chi connectivity index (χ1v) is 10.3. The Balaban J connectivity index is 1.87. The van der Waals surface area contributed by atoms with Crippen LogP contribution >= 0.6 is 0 Å². The molecule has 0 aliphatic heterocycles. The quantitative estimate of drug-likeness (QED) is 0.442. The van der Waals surface area contributed by atoms with Crippen LogP contribution in [-0.2, 0) is 22.7 Å². The molecule has 0 saturated carbocycles. The lowest BCUT2D eigenvalue weighted by molar-refractivity contribution is -0.384. The van der Waals surface area contributed by atoms with Gasteiger partial charge in [0.25, 0.3) is 15.7 Å². The lowest BCUT2D eigenvalue weighted by atomic mass is 10.1. The van der Waals surface area contributed by atoms with Crippen molar-refractivity contribution < 1.29 is 26.5 Å². The van der Waals surface area contributed by atoms with E-state index < -0.39 is 26.7 Å². The van der Waals surface area contributed by atoms with Crippen LogP contribution in [0.2, 0.25) is 0 Å². The minimum Gasteiger partial charge on any atom is -0.276 e. The van der Waals surface area contributed by atoms with Crippen LogP contribution < -0.4 is 4.72 Å². The van der Waals surface area contributed by atoms with Crippen molar-refractivity contribution in [3.63, 3.8) is 0 Å². The smallest absolute Gasteiger partial charge is 0.276 e. The first-order valence-electron chi connectivity index (χ1n) is 8.86. The van der Waals surface area contributed by atoms with Crippen molar-refractivity contribution in [2.75, 3.05) is 4.72 Å². The molecule has 0 aliphatic carbocycles. The molecule has 0 unspecified atom stereocenters. The van der Waals surface area contributed by atoms with Gasteiger partial charge in [0.1, 0.15) is 0 Å². The van der Waals surface area contributed by atoms with Crippen molar-refractivity contribution in [2.45, 2.75) is 31.5 Å². The van der Waals surface area contributed by atoms with Crippen LogP contribution in [0.4, 0.5) is 24.5 Å². The topological polar surface area (TPSA) is 107 Å². The number of rotatable bonds is 6. The standard InChI is InChI=1S/C19H17F3N4O4S/c1-12-18(24-31(29,30)17-8-6-16(7-9-17)26(27)28)13(2)25(23-12)11-14-4-3-5-15(10-14)19(20,21)22/h3-10,24H,11H2,1-2H3. The van der Waals surface area contributed by atoms with E-state index in [9.17, 15) is 31.7 Å². The molecule has 164 valence electrons. The maximum Gasteiger partial charge on any atom is 0.416 e.